The monoisotopic (exact) mass is 656 g/mol. The molecule has 0 radical (unpaired) electrons. The van der Waals surface area contributed by atoms with Gasteiger partial charge in [0.05, 0.1) is 10.6 Å². The molecular weight excluding hydrogens is 620 g/mol. The number of carboxylic acid groups (broad SMARTS) is 1. The van der Waals surface area contributed by atoms with Crippen molar-refractivity contribution in [1.29, 1.82) is 5.26 Å². The lowest BCUT2D eigenvalue weighted by Crippen LogP contribution is -2.36. The molecule has 0 unspecified atom stereocenters. The lowest BCUT2D eigenvalue weighted by molar-refractivity contribution is -0.139. The van der Waals surface area contributed by atoms with Gasteiger partial charge in [-0.2, -0.15) is 5.26 Å². The Hall–Kier alpha value is -4.82. The van der Waals surface area contributed by atoms with Gasteiger partial charge in [0.1, 0.15) is 50.0 Å². The summed E-state index contributed by atoms with van der Waals surface area (Å²) < 4.78 is 23.9. The van der Waals surface area contributed by atoms with Gasteiger partial charge in [-0.1, -0.05) is 42.3 Å². The van der Waals surface area contributed by atoms with Crippen molar-refractivity contribution >= 4 is 17.6 Å². The molecule has 10 nitrogen and oxygen atoms in total. The standard InChI is InChI=1S/C36H37ClN4O6/c1-23-27(5-4-6-29(23)26-8-9-32-35(15-26)45-12-11-44-32)22-47-34-16-33(46-21-25-13-24(17-39)18-40-19-25)28(14-30(34)37)20-41-31(36(42)43)7-2-3-10-38/h4-6,8-9,13-16,18-19,31,41H,2-3,7,10-12,20-22,38H2,1H3,(H,42,43)/t31-/m0/s1. The van der Waals surface area contributed by atoms with E-state index in [0.717, 1.165) is 40.2 Å². The van der Waals surface area contributed by atoms with Gasteiger partial charge in [-0.15, -0.1) is 0 Å². The number of nitrogens with zero attached hydrogens (tertiary/aromatic N) is 2. The van der Waals surface area contributed by atoms with Crippen LogP contribution in [0.15, 0.2) is 67.0 Å². The van der Waals surface area contributed by atoms with E-state index in [1.54, 1.807) is 24.4 Å². The first-order chi connectivity index (χ1) is 22.9. The molecule has 0 spiro atoms. The van der Waals surface area contributed by atoms with Crippen molar-refractivity contribution in [2.24, 2.45) is 5.73 Å². The van der Waals surface area contributed by atoms with Gasteiger partial charge < -0.3 is 35.1 Å². The summed E-state index contributed by atoms with van der Waals surface area (Å²) in [5.74, 6) is 1.40. The lowest BCUT2D eigenvalue weighted by Gasteiger charge is -2.20. The van der Waals surface area contributed by atoms with Crippen LogP contribution in [0, 0.1) is 18.3 Å². The van der Waals surface area contributed by atoms with Crippen LogP contribution in [0.1, 0.15) is 47.1 Å². The highest BCUT2D eigenvalue weighted by molar-refractivity contribution is 6.32. The molecule has 47 heavy (non-hydrogen) atoms. The second kappa shape index (κ2) is 16.1. The topological polar surface area (TPSA) is 149 Å². The van der Waals surface area contributed by atoms with Crippen LogP contribution >= 0.6 is 11.6 Å². The average molecular weight is 657 g/mol. The number of hydrogen-bond acceptors (Lipinski definition) is 9. The van der Waals surface area contributed by atoms with Gasteiger partial charge in [-0.3, -0.25) is 9.78 Å². The molecule has 0 aliphatic carbocycles. The molecular formula is C36H37ClN4O6. The molecule has 0 saturated carbocycles. The van der Waals surface area contributed by atoms with Crippen molar-refractivity contribution in [3.05, 3.63) is 99.8 Å². The van der Waals surface area contributed by atoms with Crippen LogP contribution in [0.4, 0.5) is 0 Å². The summed E-state index contributed by atoms with van der Waals surface area (Å²) in [6, 6.07) is 18.4. The van der Waals surface area contributed by atoms with Gasteiger partial charge in [0, 0.05) is 36.1 Å². The van der Waals surface area contributed by atoms with E-state index in [-0.39, 0.29) is 19.8 Å². The van der Waals surface area contributed by atoms with E-state index in [4.69, 9.17) is 36.3 Å². The molecule has 4 N–H and O–H groups in total. The summed E-state index contributed by atoms with van der Waals surface area (Å²) in [6.45, 7) is 4.18. The van der Waals surface area contributed by atoms with Crippen LogP contribution < -0.4 is 30.0 Å². The molecule has 0 bridgehead atoms. The molecule has 0 amide bonds. The number of benzene rings is 3. The van der Waals surface area contributed by atoms with E-state index in [2.05, 4.69) is 22.4 Å². The lowest BCUT2D eigenvalue weighted by atomic mass is 9.96. The van der Waals surface area contributed by atoms with E-state index in [9.17, 15) is 15.2 Å². The summed E-state index contributed by atoms with van der Waals surface area (Å²) in [7, 11) is 0. The van der Waals surface area contributed by atoms with E-state index >= 15 is 0 Å². The highest BCUT2D eigenvalue weighted by Crippen LogP contribution is 2.37. The number of unbranched alkanes of at least 4 members (excludes halogenated alkanes) is 1. The maximum absolute atomic E-state index is 11.9. The Bertz CT molecular complexity index is 1760. The van der Waals surface area contributed by atoms with Crippen molar-refractivity contribution < 1.29 is 28.8 Å². The summed E-state index contributed by atoms with van der Waals surface area (Å²) >= 11 is 6.73. The van der Waals surface area contributed by atoms with Gasteiger partial charge in [0.25, 0.3) is 0 Å². The summed E-state index contributed by atoms with van der Waals surface area (Å²) in [4.78, 5) is 16.0. The number of rotatable bonds is 15. The Balaban J connectivity index is 1.36. The third kappa shape index (κ3) is 8.71. The SMILES string of the molecule is Cc1c(COc2cc(OCc3cncc(C#N)c3)c(CN[C@@H](CCCCN)C(=O)O)cc2Cl)cccc1-c1ccc2c(c1)OCCO2. The molecule has 5 rings (SSSR count). The molecule has 1 aliphatic rings. The number of nitrogens with two attached hydrogens (primary N) is 1. The van der Waals surface area contributed by atoms with Crippen molar-refractivity contribution in [3.8, 4) is 40.2 Å². The molecule has 11 heteroatoms. The Morgan fingerprint density at radius 3 is 2.64 bits per heavy atom. The van der Waals surface area contributed by atoms with Crippen molar-refractivity contribution in [2.75, 3.05) is 19.8 Å². The first-order valence-electron chi connectivity index (χ1n) is 15.4. The third-order valence-corrected chi connectivity index (χ3v) is 8.19. The highest BCUT2D eigenvalue weighted by atomic mass is 35.5. The number of halogens is 1. The Kier molecular flexibility index (Phi) is 11.5. The van der Waals surface area contributed by atoms with E-state index < -0.39 is 12.0 Å². The van der Waals surface area contributed by atoms with Crippen LogP contribution in [0.25, 0.3) is 11.1 Å². The third-order valence-electron chi connectivity index (χ3n) is 7.90. The normalized spacial score (nSPS) is 12.6. The average Bonchev–Trinajstić information content (AvgIpc) is 3.09. The predicted octanol–water partition coefficient (Wildman–Crippen LogP) is 6.18. The highest BCUT2D eigenvalue weighted by Gasteiger charge is 2.19. The Morgan fingerprint density at radius 1 is 1.04 bits per heavy atom. The molecule has 0 fully saturated rings. The van der Waals surface area contributed by atoms with Crippen LogP contribution in [0.3, 0.4) is 0 Å². The van der Waals surface area contributed by atoms with Gasteiger partial charge in [0.2, 0.25) is 0 Å². The number of nitrogens with one attached hydrogen (secondary N) is 1. The zero-order valence-electron chi connectivity index (χ0n) is 26.1. The van der Waals surface area contributed by atoms with Crippen LogP contribution in [-0.4, -0.2) is 41.9 Å². The quantitative estimate of drug-likeness (QED) is 0.127. The first kappa shape index (κ1) is 33.5. The van der Waals surface area contributed by atoms with E-state index in [1.165, 1.54) is 6.20 Å². The predicted molar refractivity (Wildman–Crippen MR) is 178 cm³/mol. The van der Waals surface area contributed by atoms with E-state index in [0.29, 0.717) is 65.8 Å². The minimum absolute atomic E-state index is 0.131. The molecule has 0 saturated heterocycles. The number of aliphatic carboxylic acids is 1. The maximum Gasteiger partial charge on any atom is 0.320 e. The molecule has 1 atom stereocenters. The maximum atomic E-state index is 11.9. The fourth-order valence-electron chi connectivity index (χ4n) is 5.31. The van der Waals surface area contributed by atoms with Crippen LogP contribution in [-0.2, 0) is 24.6 Å². The fourth-order valence-corrected chi connectivity index (χ4v) is 5.55. The largest absolute Gasteiger partial charge is 0.488 e. The fraction of sp³-hybridized carbons (Fsp3) is 0.306. The van der Waals surface area contributed by atoms with Crippen molar-refractivity contribution in [1.82, 2.24) is 10.3 Å². The number of nitriles is 1. The molecule has 4 aromatic rings. The zero-order chi connectivity index (χ0) is 33.2. The molecule has 1 aromatic heterocycles. The minimum Gasteiger partial charge on any atom is -0.488 e. The smallest absolute Gasteiger partial charge is 0.320 e. The number of fused-ring (bicyclic) bond motifs is 1. The number of aromatic nitrogens is 1. The molecule has 244 valence electrons. The number of pyridine rings is 1. The van der Waals surface area contributed by atoms with Gasteiger partial charge in [-0.05, 0) is 72.8 Å². The van der Waals surface area contributed by atoms with Gasteiger partial charge >= 0.3 is 5.97 Å². The molecule has 1 aliphatic heterocycles. The number of ether oxygens (including phenoxy) is 4. The minimum atomic E-state index is -0.941. The number of hydrogen-bond donors (Lipinski definition) is 3. The van der Waals surface area contributed by atoms with Crippen molar-refractivity contribution in [2.45, 2.75) is 52.0 Å². The first-order valence-corrected chi connectivity index (χ1v) is 15.8. The second-order valence-electron chi connectivity index (χ2n) is 11.2. The van der Waals surface area contributed by atoms with Crippen molar-refractivity contribution in [3.63, 3.8) is 0 Å². The van der Waals surface area contributed by atoms with E-state index in [1.807, 2.05) is 37.3 Å². The summed E-state index contributed by atoms with van der Waals surface area (Å²) in [6.07, 6.45) is 4.98. The second-order valence-corrected chi connectivity index (χ2v) is 11.6. The Labute approximate surface area is 279 Å². The Morgan fingerprint density at radius 2 is 1.85 bits per heavy atom. The van der Waals surface area contributed by atoms with Crippen LogP contribution in [0.5, 0.6) is 23.0 Å². The van der Waals surface area contributed by atoms with Gasteiger partial charge in [0.15, 0.2) is 11.5 Å². The van der Waals surface area contributed by atoms with Crippen LogP contribution in [0.2, 0.25) is 5.02 Å². The number of carbonyl (C=O) groups is 1. The van der Waals surface area contributed by atoms with Gasteiger partial charge in [-0.25, -0.2) is 0 Å². The summed E-state index contributed by atoms with van der Waals surface area (Å²) in [5.41, 5.74) is 11.5. The molecule has 3 aromatic carbocycles. The molecule has 2 heterocycles. The summed E-state index contributed by atoms with van der Waals surface area (Å²) in [5, 5.41) is 22.5. The zero-order valence-corrected chi connectivity index (χ0v) is 26.9. The number of carboxylic acids is 1.